The summed E-state index contributed by atoms with van der Waals surface area (Å²) in [4.78, 5) is 0. The molecular weight excluding hydrogens is 332 g/mol. The van der Waals surface area contributed by atoms with E-state index in [1.165, 1.54) is 38.5 Å². The maximum absolute atomic E-state index is 10.4. The molecule has 0 amide bonds. The number of hydrogen-bond donors (Lipinski definition) is 2. The van der Waals surface area contributed by atoms with Crippen LogP contribution in [0.25, 0.3) is 32.8 Å². The van der Waals surface area contributed by atoms with Gasteiger partial charge < -0.3 is 15.4 Å². The molecule has 4 aromatic rings. The Balaban J connectivity index is 2.30. The first-order valence-corrected chi connectivity index (χ1v) is 9.46. The fourth-order valence-corrected chi connectivity index (χ4v) is 4.41. The van der Waals surface area contributed by atoms with Crippen LogP contribution in [0.5, 0.6) is 5.75 Å². The fraction of sp³-hybridized carbons (Fsp3) is 0.250. The Bertz CT molecular complexity index is 1190. The highest BCUT2D eigenvalue weighted by atomic mass is 16.3. The maximum Gasteiger partial charge on any atom is 0.121 e. The van der Waals surface area contributed by atoms with Crippen molar-refractivity contribution in [3.05, 3.63) is 58.8 Å². The van der Waals surface area contributed by atoms with Gasteiger partial charge in [0.15, 0.2) is 0 Å². The monoisotopic (exact) mass is 358 g/mol. The summed E-state index contributed by atoms with van der Waals surface area (Å²) >= 11 is 0. The van der Waals surface area contributed by atoms with Gasteiger partial charge in [0.25, 0.3) is 0 Å². The third-order valence-corrected chi connectivity index (χ3v) is 6.06. The normalized spacial score (nSPS) is 11.6. The quantitative estimate of drug-likeness (QED) is 0.432. The minimum atomic E-state index is 0.243. The molecule has 4 rings (SSSR count). The second kappa shape index (κ2) is 6.05. The van der Waals surface area contributed by atoms with Crippen molar-refractivity contribution in [2.24, 2.45) is 0 Å². The Morgan fingerprint density at radius 2 is 1.59 bits per heavy atom. The van der Waals surface area contributed by atoms with Crippen LogP contribution in [0.15, 0.2) is 36.4 Å². The van der Waals surface area contributed by atoms with Gasteiger partial charge in [0, 0.05) is 28.9 Å². The second-order valence-corrected chi connectivity index (χ2v) is 7.43. The standard InChI is InChI=1S/C24H26N2O/c1-6-26-16(5)13(2)22-23(17-11-20(25)15(4)21(27)12-17)19-10-8-7-9-18(19)14(3)24(22)26/h7-12,27H,6,25H2,1-5H3. The van der Waals surface area contributed by atoms with E-state index in [2.05, 4.69) is 56.5 Å². The molecule has 27 heavy (non-hydrogen) atoms. The summed E-state index contributed by atoms with van der Waals surface area (Å²) < 4.78 is 2.40. The first-order chi connectivity index (χ1) is 12.9. The zero-order chi connectivity index (χ0) is 19.5. The summed E-state index contributed by atoms with van der Waals surface area (Å²) in [7, 11) is 0. The van der Waals surface area contributed by atoms with E-state index in [-0.39, 0.29) is 5.75 Å². The Hall–Kier alpha value is -2.94. The number of nitrogen functional groups attached to an aromatic ring is 1. The van der Waals surface area contributed by atoms with Crippen molar-refractivity contribution >= 4 is 27.4 Å². The van der Waals surface area contributed by atoms with Crippen LogP contribution in [0.1, 0.15) is 29.3 Å². The SMILES string of the molecule is CCn1c(C)c(C)c2c(-c3cc(N)c(C)c(O)c3)c3ccccc3c(C)c21. The Labute approximate surface area is 160 Å². The number of phenolic OH excluding ortho intramolecular Hbond substituents is 1. The molecule has 0 bridgehead atoms. The Morgan fingerprint density at radius 3 is 2.22 bits per heavy atom. The van der Waals surface area contributed by atoms with Crippen LogP contribution in [-0.4, -0.2) is 9.67 Å². The lowest BCUT2D eigenvalue weighted by molar-refractivity contribution is 0.472. The number of phenols is 1. The molecule has 0 atom stereocenters. The smallest absolute Gasteiger partial charge is 0.121 e. The van der Waals surface area contributed by atoms with E-state index in [9.17, 15) is 5.11 Å². The number of aromatic nitrogens is 1. The van der Waals surface area contributed by atoms with E-state index in [0.717, 1.165) is 23.2 Å². The van der Waals surface area contributed by atoms with Crippen LogP contribution in [0, 0.1) is 27.7 Å². The average molecular weight is 358 g/mol. The van der Waals surface area contributed by atoms with Crippen LogP contribution in [-0.2, 0) is 6.54 Å². The highest BCUT2D eigenvalue weighted by Crippen LogP contribution is 2.44. The lowest BCUT2D eigenvalue weighted by Gasteiger charge is -2.16. The summed E-state index contributed by atoms with van der Waals surface area (Å²) in [5, 5.41) is 14.1. The van der Waals surface area contributed by atoms with Crippen LogP contribution < -0.4 is 5.73 Å². The van der Waals surface area contributed by atoms with Crippen LogP contribution >= 0.6 is 0 Å². The number of aromatic hydroxyl groups is 1. The van der Waals surface area contributed by atoms with Gasteiger partial charge in [-0.3, -0.25) is 0 Å². The third kappa shape index (κ3) is 2.34. The predicted octanol–water partition coefficient (Wildman–Crippen LogP) is 6.00. The number of rotatable bonds is 2. The highest BCUT2D eigenvalue weighted by molar-refractivity contribution is 6.16. The molecule has 0 unspecified atom stereocenters. The molecule has 1 heterocycles. The zero-order valence-corrected chi connectivity index (χ0v) is 16.6. The molecular formula is C24H26N2O. The van der Waals surface area contributed by atoms with E-state index < -0.39 is 0 Å². The van der Waals surface area contributed by atoms with E-state index in [4.69, 9.17) is 5.73 Å². The third-order valence-electron chi connectivity index (χ3n) is 6.06. The number of nitrogens with two attached hydrogens (primary N) is 1. The maximum atomic E-state index is 10.4. The van der Waals surface area contributed by atoms with Crippen molar-refractivity contribution in [3.8, 4) is 16.9 Å². The minimum Gasteiger partial charge on any atom is -0.508 e. The number of hydrogen-bond acceptors (Lipinski definition) is 2. The molecule has 0 fully saturated rings. The lowest BCUT2D eigenvalue weighted by Crippen LogP contribution is -1.99. The molecule has 3 N–H and O–H groups in total. The van der Waals surface area contributed by atoms with Gasteiger partial charge in [0.1, 0.15) is 5.75 Å². The second-order valence-electron chi connectivity index (χ2n) is 7.43. The number of nitrogens with zero attached hydrogens (tertiary/aromatic N) is 1. The van der Waals surface area contributed by atoms with Crippen molar-refractivity contribution in [1.82, 2.24) is 4.57 Å². The molecule has 0 aliphatic carbocycles. The van der Waals surface area contributed by atoms with Crippen molar-refractivity contribution in [2.45, 2.75) is 41.2 Å². The van der Waals surface area contributed by atoms with Crippen LogP contribution in [0.2, 0.25) is 0 Å². The van der Waals surface area contributed by atoms with Crippen LogP contribution in [0.4, 0.5) is 5.69 Å². The van der Waals surface area contributed by atoms with Gasteiger partial charge in [-0.2, -0.15) is 0 Å². The van der Waals surface area contributed by atoms with Gasteiger partial charge in [0.2, 0.25) is 0 Å². The van der Waals surface area contributed by atoms with Crippen molar-refractivity contribution in [1.29, 1.82) is 0 Å². The van der Waals surface area contributed by atoms with E-state index in [1.54, 1.807) is 0 Å². The van der Waals surface area contributed by atoms with E-state index >= 15 is 0 Å². The molecule has 3 nitrogen and oxygen atoms in total. The van der Waals surface area contributed by atoms with Gasteiger partial charge in [-0.15, -0.1) is 0 Å². The number of anilines is 1. The van der Waals surface area contributed by atoms with Crippen molar-refractivity contribution < 1.29 is 5.11 Å². The van der Waals surface area contributed by atoms with E-state index in [1.807, 2.05) is 19.1 Å². The summed E-state index contributed by atoms with van der Waals surface area (Å²) in [6.45, 7) is 11.6. The fourth-order valence-electron chi connectivity index (χ4n) is 4.41. The predicted molar refractivity (Wildman–Crippen MR) is 116 cm³/mol. The van der Waals surface area contributed by atoms with Crippen molar-refractivity contribution in [3.63, 3.8) is 0 Å². The first kappa shape index (κ1) is 17.5. The van der Waals surface area contributed by atoms with Gasteiger partial charge in [-0.05, 0) is 79.8 Å². The molecule has 0 aliphatic heterocycles. The number of benzene rings is 3. The summed E-state index contributed by atoms with van der Waals surface area (Å²) in [5.74, 6) is 0.243. The van der Waals surface area contributed by atoms with Gasteiger partial charge >= 0.3 is 0 Å². The Morgan fingerprint density at radius 1 is 0.926 bits per heavy atom. The molecule has 0 radical (unpaired) electrons. The molecule has 0 aliphatic rings. The number of aryl methyl sites for hydroxylation is 3. The summed E-state index contributed by atoms with van der Waals surface area (Å²) in [5.41, 5.74) is 14.8. The van der Waals surface area contributed by atoms with Gasteiger partial charge in [-0.25, -0.2) is 0 Å². The molecule has 3 heteroatoms. The number of fused-ring (bicyclic) bond motifs is 2. The highest BCUT2D eigenvalue weighted by Gasteiger charge is 2.21. The first-order valence-electron chi connectivity index (χ1n) is 9.46. The topological polar surface area (TPSA) is 51.2 Å². The lowest BCUT2D eigenvalue weighted by atomic mass is 9.89. The van der Waals surface area contributed by atoms with Crippen molar-refractivity contribution in [2.75, 3.05) is 5.73 Å². The molecule has 0 saturated carbocycles. The van der Waals surface area contributed by atoms with Gasteiger partial charge in [0.05, 0.1) is 5.52 Å². The van der Waals surface area contributed by atoms with Gasteiger partial charge in [-0.1, -0.05) is 24.3 Å². The molecule has 0 spiro atoms. The molecule has 3 aromatic carbocycles. The van der Waals surface area contributed by atoms with E-state index in [0.29, 0.717) is 5.69 Å². The average Bonchev–Trinajstić information content (AvgIpc) is 2.91. The zero-order valence-electron chi connectivity index (χ0n) is 16.6. The molecule has 0 saturated heterocycles. The summed E-state index contributed by atoms with van der Waals surface area (Å²) in [6.07, 6.45) is 0. The largest absolute Gasteiger partial charge is 0.508 e. The molecule has 138 valence electrons. The summed E-state index contributed by atoms with van der Waals surface area (Å²) in [6, 6.07) is 12.4. The molecule has 1 aromatic heterocycles. The Kier molecular flexibility index (Phi) is 3.92. The van der Waals surface area contributed by atoms with Crippen LogP contribution in [0.3, 0.4) is 0 Å². The minimum absolute atomic E-state index is 0.243.